The lowest BCUT2D eigenvalue weighted by Gasteiger charge is -2.37. The molecule has 0 spiro atoms. The number of rotatable bonds is 9. The van der Waals surface area contributed by atoms with Gasteiger partial charge in [0.1, 0.15) is 18.0 Å². The number of hydrogen-bond donors (Lipinski definition) is 1. The molecule has 3 rings (SSSR count). The molecule has 152 valence electrons. The average Bonchev–Trinajstić information content (AvgIpc) is 2.76. The molecular weight excluding hydrogens is 358 g/mol. The van der Waals surface area contributed by atoms with E-state index in [9.17, 15) is 5.11 Å². The minimum Gasteiger partial charge on any atom is -0.492 e. The summed E-state index contributed by atoms with van der Waals surface area (Å²) < 4.78 is 5.84. The highest BCUT2D eigenvalue weighted by atomic mass is 16.5. The van der Waals surface area contributed by atoms with Gasteiger partial charge in [0.2, 0.25) is 0 Å². The molecule has 0 amide bonds. The summed E-state index contributed by atoms with van der Waals surface area (Å²) >= 11 is 0. The maximum atomic E-state index is 12.2. The molecule has 2 atom stereocenters. The van der Waals surface area contributed by atoms with Crippen molar-refractivity contribution in [2.45, 2.75) is 24.9 Å². The molecule has 0 aliphatic heterocycles. The summed E-state index contributed by atoms with van der Waals surface area (Å²) in [5.74, 6) is 0.755. The van der Waals surface area contributed by atoms with Gasteiger partial charge < -0.3 is 14.7 Å². The highest BCUT2D eigenvalue weighted by Crippen LogP contribution is 2.44. The summed E-state index contributed by atoms with van der Waals surface area (Å²) in [5.41, 5.74) is 1.78. The van der Waals surface area contributed by atoms with Crippen LogP contribution in [0.25, 0.3) is 0 Å². The maximum absolute atomic E-state index is 12.2. The Hall–Kier alpha value is -2.62. The fourth-order valence-corrected chi connectivity index (χ4v) is 3.87. The van der Waals surface area contributed by atoms with Crippen LogP contribution in [0.5, 0.6) is 5.75 Å². The maximum Gasteiger partial charge on any atom is 0.121 e. The monoisotopic (exact) mass is 389 g/mol. The Balaban J connectivity index is 1.98. The van der Waals surface area contributed by atoms with E-state index in [4.69, 9.17) is 4.74 Å². The van der Waals surface area contributed by atoms with Crippen LogP contribution in [-0.2, 0) is 5.60 Å². The second-order valence-corrected chi connectivity index (χ2v) is 7.68. The Morgan fingerprint density at radius 1 is 0.828 bits per heavy atom. The number of ether oxygens (including phenoxy) is 1. The van der Waals surface area contributed by atoms with E-state index in [1.807, 2.05) is 86.9 Å². The van der Waals surface area contributed by atoms with Gasteiger partial charge >= 0.3 is 0 Å². The van der Waals surface area contributed by atoms with Gasteiger partial charge in [-0.25, -0.2) is 0 Å². The average molecular weight is 390 g/mol. The molecule has 0 unspecified atom stereocenters. The van der Waals surface area contributed by atoms with E-state index in [-0.39, 0.29) is 5.92 Å². The van der Waals surface area contributed by atoms with Crippen molar-refractivity contribution in [3.05, 3.63) is 102 Å². The molecule has 3 aromatic rings. The minimum atomic E-state index is -1.13. The van der Waals surface area contributed by atoms with E-state index >= 15 is 0 Å². The summed E-state index contributed by atoms with van der Waals surface area (Å²) in [6.07, 6.45) is 0.816. The molecule has 0 heterocycles. The predicted octanol–water partition coefficient (Wildman–Crippen LogP) is 5.06. The van der Waals surface area contributed by atoms with E-state index < -0.39 is 5.60 Å². The molecular formula is C26H31NO2. The van der Waals surface area contributed by atoms with Crippen molar-refractivity contribution in [1.82, 2.24) is 4.90 Å². The molecule has 3 aromatic carbocycles. The lowest BCUT2D eigenvalue weighted by Crippen LogP contribution is -2.34. The Morgan fingerprint density at radius 2 is 1.38 bits per heavy atom. The van der Waals surface area contributed by atoms with Crippen LogP contribution < -0.4 is 4.74 Å². The second-order valence-electron chi connectivity index (χ2n) is 7.68. The first-order valence-electron chi connectivity index (χ1n) is 10.3. The van der Waals surface area contributed by atoms with Crippen molar-refractivity contribution < 1.29 is 9.84 Å². The van der Waals surface area contributed by atoms with E-state index in [1.54, 1.807) is 0 Å². The zero-order chi connectivity index (χ0) is 20.7. The van der Waals surface area contributed by atoms with Gasteiger partial charge in [0.25, 0.3) is 0 Å². The molecule has 0 aromatic heterocycles. The summed E-state index contributed by atoms with van der Waals surface area (Å²) in [4.78, 5) is 2.09. The van der Waals surface area contributed by atoms with Gasteiger partial charge in [0, 0.05) is 12.5 Å². The topological polar surface area (TPSA) is 32.7 Å². The van der Waals surface area contributed by atoms with Crippen LogP contribution in [0.2, 0.25) is 0 Å². The molecule has 3 nitrogen and oxygen atoms in total. The zero-order valence-corrected chi connectivity index (χ0v) is 17.6. The number of hydrogen-bond acceptors (Lipinski definition) is 3. The van der Waals surface area contributed by atoms with Gasteiger partial charge in [-0.2, -0.15) is 0 Å². The highest BCUT2D eigenvalue weighted by molar-refractivity contribution is 5.43. The number of aliphatic hydroxyl groups is 1. The van der Waals surface area contributed by atoms with Crippen LogP contribution in [0.15, 0.2) is 84.9 Å². The molecule has 0 bridgehead atoms. The lowest BCUT2D eigenvalue weighted by molar-refractivity contribution is 0.0476. The predicted molar refractivity (Wildman–Crippen MR) is 119 cm³/mol. The lowest BCUT2D eigenvalue weighted by atomic mass is 9.72. The summed E-state index contributed by atoms with van der Waals surface area (Å²) in [6.45, 7) is 3.63. The molecule has 0 saturated carbocycles. The summed E-state index contributed by atoms with van der Waals surface area (Å²) in [7, 11) is 4.06. The molecule has 3 heteroatoms. The first-order chi connectivity index (χ1) is 14.1. The third kappa shape index (κ3) is 4.87. The van der Waals surface area contributed by atoms with E-state index in [1.165, 1.54) is 0 Å². The van der Waals surface area contributed by atoms with Crippen LogP contribution >= 0.6 is 0 Å². The van der Waals surface area contributed by atoms with E-state index in [2.05, 4.69) is 24.0 Å². The SMILES string of the molecule is CC[C@H](c1ccccc1)[C@@](O)(c1ccccc1)c1ccc(OCCN(C)C)cc1. The molecule has 0 saturated heterocycles. The van der Waals surface area contributed by atoms with Gasteiger partial charge in [-0.3, -0.25) is 0 Å². The third-order valence-corrected chi connectivity index (χ3v) is 5.43. The van der Waals surface area contributed by atoms with Crippen molar-refractivity contribution in [1.29, 1.82) is 0 Å². The standard InChI is InChI=1S/C26H31NO2/c1-4-25(21-11-7-5-8-12-21)26(28,22-13-9-6-10-14-22)23-15-17-24(18-16-23)29-20-19-27(2)3/h5-18,25,28H,4,19-20H2,1-3H3/t25-,26-/m1/s1. The summed E-state index contributed by atoms with van der Waals surface area (Å²) in [5, 5.41) is 12.2. The van der Waals surface area contributed by atoms with Crippen LogP contribution in [0, 0.1) is 0 Å². The molecule has 1 N–H and O–H groups in total. The van der Waals surface area contributed by atoms with Crippen molar-refractivity contribution in [2.75, 3.05) is 27.2 Å². The van der Waals surface area contributed by atoms with Crippen LogP contribution in [0.4, 0.5) is 0 Å². The zero-order valence-electron chi connectivity index (χ0n) is 17.6. The quantitative estimate of drug-likeness (QED) is 0.555. The van der Waals surface area contributed by atoms with Crippen molar-refractivity contribution in [2.24, 2.45) is 0 Å². The Morgan fingerprint density at radius 3 is 1.93 bits per heavy atom. The van der Waals surface area contributed by atoms with E-state index in [0.717, 1.165) is 35.4 Å². The molecule has 0 radical (unpaired) electrons. The number of likely N-dealkylation sites (N-methyl/N-ethyl adjacent to an activating group) is 1. The Bertz CT molecular complexity index is 862. The first-order valence-corrected chi connectivity index (χ1v) is 10.3. The minimum absolute atomic E-state index is 0.0633. The Labute approximate surface area is 174 Å². The molecule has 0 fully saturated rings. The largest absolute Gasteiger partial charge is 0.492 e. The second kappa shape index (κ2) is 9.73. The van der Waals surface area contributed by atoms with Gasteiger partial charge in [0.05, 0.1) is 0 Å². The van der Waals surface area contributed by atoms with Crippen molar-refractivity contribution in [3.8, 4) is 5.75 Å². The smallest absolute Gasteiger partial charge is 0.121 e. The van der Waals surface area contributed by atoms with E-state index in [0.29, 0.717) is 6.61 Å². The molecule has 29 heavy (non-hydrogen) atoms. The van der Waals surface area contributed by atoms with Crippen LogP contribution in [-0.4, -0.2) is 37.3 Å². The van der Waals surface area contributed by atoms with Crippen molar-refractivity contribution >= 4 is 0 Å². The normalized spacial score (nSPS) is 14.4. The van der Waals surface area contributed by atoms with Crippen LogP contribution in [0.1, 0.15) is 36.0 Å². The van der Waals surface area contributed by atoms with Gasteiger partial charge in [-0.1, -0.05) is 79.7 Å². The fourth-order valence-electron chi connectivity index (χ4n) is 3.87. The van der Waals surface area contributed by atoms with Gasteiger partial charge in [0.15, 0.2) is 0 Å². The van der Waals surface area contributed by atoms with Gasteiger partial charge in [-0.15, -0.1) is 0 Å². The van der Waals surface area contributed by atoms with Gasteiger partial charge in [-0.05, 0) is 49.3 Å². The third-order valence-electron chi connectivity index (χ3n) is 5.43. The van der Waals surface area contributed by atoms with Crippen LogP contribution in [0.3, 0.4) is 0 Å². The number of benzene rings is 3. The summed E-state index contributed by atoms with van der Waals surface area (Å²) in [6, 6.07) is 28.1. The number of nitrogens with zero attached hydrogens (tertiary/aromatic N) is 1. The first kappa shape index (κ1) is 21.1. The Kier molecular flexibility index (Phi) is 7.08. The highest BCUT2D eigenvalue weighted by Gasteiger charge is 2.40. The fraction of sp³-hybridized carbons (Fsp3) is 0.308. The molecule has 0 aliphatic carbocycles. The van der Waals surface area contributed by atoms with Crippen molar-refractivity contribution in [3.63, 3.8) is 0 Å². The molecule has 0 aliphatic rings.